The maximum absolute atomic E-state index is 12.5. The third kappa shape index (κ3) is 6.01. The highest BCUT2D eigenvalue weighted by atomic mass is 32.2. The van der Waals surface area contributed by atoms with Crippen LogP contribution in [0.2, 0.25) is 0 Å². The molecule has 1 aliphatic carbocycles. The third-order valence-electron chi connectivity index (χ3n) is 5.57. The summed E-state index contributed by atoms with van der Waals surface area (Å²) in [5.41, 5.74) is 0.715. The summed E-state index contributed by atoms with van der Waals surface area (Å²) in [6, 6.07) is 8.55. The van der Waals surface area contributed by atoms with Gasteiger partial charge in [-0.1, -0.05) is 36.8 Å². The molecule has 7 nitrogen and oxygen atoms in total. The van der Waals surface area contributed by atoms with Gasteiger partial charge in [-0.05, 0) is 37.7 Å². The van der Waals surface area contributed by atoms with Crippen LogP contribution in [0, 0.1) is 5.92 Å². The first-order valence-corrected chi connectivity index (χ1v) is 11.7. The highest BCUT2D eigenvalue weighted by Crippen LogP contribution is 2.26. The molecule has 0 spiro atoms. The molecular weight excluding hydrogens is 380 g/mol. The molecule has 0 unspecified atom stereocenters. The Bertz CT molecular complexity index is 736. The summed E-state index contributed by atoms with van der Waals surface area (Å²) in [6.07, 6.45) is 4.36. The van der Waals surface area contributed by atoms with Gasteiger partial charge >= 0.3 is 0 Å². The Morgan fingerprint density at radius 1 is 1.14 bits per heavy atom. The van der Waals surface area contributed by atoms with Crippen LogP contribution in [0.1, 0.15) is 44.1 Å². The monoisotopic (exact) mass is 410 g/mol. The van der Waals surface area contributed by atoms with Gasteiger partial charge in [-0.25, -0.2) is 13.1 Å². The van der Waals surface area contributed by atoms with Crippen molar-refractivity contribution in [2.24, 2.45) is 5.92 Å². The predicted molar refractivity (Wildman–Crippen MR) is 106 cm³/mol. The normalized spacial score (nSPS) is 25.8. The maximum atomic E-state index is 12.5. The van der Waals surface area contributed by atoms with Crippen LogP contribution in [0.3, 0.4) is 0 Å². The van der Waals surface area contributed by atoms with Crippen molar-refractivity contribution in [3.63, 3.8) is 0 Å². The summed E-state index contributed by atoms with van der Waals surface area (Å²) in [5, 5.41) is 12.6. The van der Waals surface area contributed by atoms with Crippen molar-refractivity contribution in [1.29, 1.82) is 0 Å². The van der Waals surface area contributed by atoms with Gasteiger partial charge in [-0.15, -0.1) is 0 Å². The van der Waals surface area contributed by atoms with Crippen LogP contribution in [-0.2, 0) is 25.3 Å². The number of carbonyl (C=O) groups excluding carboxylic acids is 1. The number of aliphatic hydroxyl groups excluding tert-OH is 1. The van der Waals surface area contributed by atoms with E-state index in [1.165, 1.54) is 0 Å². The minimum absolute atomic E-state index is 0.0892. The molecule has 0 aromatic heterocycles. The molecule has 0 bridgehead atoms. The van der Waals surface area contributed by atoms with Crippen molar-refractivity contribution in [3.05, 3.63) is 35.9 Å². The zero-order valence-electron chi connectivity index (χ0n) is 16.0. The highest BCUT2D eigenvalue weighted by molar-refractivity contribution is 7.88. The van der Waals surface area contributed by atoms with Crippen molar-refractivity contribution >= 4 is 15.9 Å². The number of rotatable bonds is 9. The van der Waals surface area contributed by atoms with E-state index in [4.69, 9.17) is 4.74 Å². The largest absolute Gasteiger partial charge is 0.394 e. The van der Waals surface area contributed by atoms with E-state index in [2.05, 4.69) is 10.0 Å². The van der Waals surface area contributed by atoms with E-state index in [-0.39, 0.29) is 30.3 Å². The number of hydrogen-bond acceptors (Lipinski definition) is 5. The number of benzene rings is 1. The van der Waals surface area contributed by atoms with E-state index < -0.39 is 22.2 Å². The third-order valence-corrected chi connectivity index (χ3v) is 6.94. The maximum Gasteiger partial charge on any atom is 0.223 e. The van der Waals surface area contributed by atoms with E-state index in [9.17, 15) is 18.3 Å². The molecule has 3 rings (SSSR count). The second-order valence-corrected chi connectivity index (χ2v) is 9.49. The number of carbonyl (C=O) groups is 1. The SMILES string of the molecule is O=C(NCC[C@H]1CC[C@@H](NS(=O)(=O)Cc2ccccc2)[C@@H](CO)O1)C1CCC1. The number of ether oxygens (including phenoxy) is 1. The van der Waals surface area contributed by atoms with Gasteiger partial charge in [0.05, 0.1) is 30.6 Å². The van der Waals surface area contributed by atoms with Crippen molar-refractivity contribution in [2.45, 2.75) is 62.5 Å². The van der Waals surface area contributed by atoms with Gasteiger partial charge in [0, 0.05) is 12.5 Å². The van der Waals surface area contributed by atoms with Gasteiger partial charge in [0.15, 0.2) is 0 Å². The fourth-order valence-corrected chi connectivity index (χ4v) is 5.16. The first-order valence-electron chi connectivity index (χ1n) is 10.0. The lowest BCUT2D eigenvalue weighted by atomic mass is 9.85. The zero-order valence-corrected chi connectivity index (χ0v) is 16.9. The van der Waals surface area contributed by atoms with Gasteiger partial charge in [-0.2, -0.15) is 0 Å². The molecular formula is C20H30N2O5S. The van der Waals surface area contributed by atoms with Gasteiger partial charge in [0.2, 0.25) is 15.9 Å². The Hall–Kier alpha value is -1.48. The van der Waals surface area contributed by atoms with Crippen LogP contribution in [0.15, 0.2) is 30.3 Å². The molecule has 3 N–H and O–H groups in total. The van der Waals surface area contributed by atoms with Crippen molar-refractivity contribution in [1.82, 2.24) is 10.0 Å². The van der Waals surface area contributed by atoms with E-state index in [0.717, 1.165) is 19.3 Å². The summed E-state index contributed by atoms with van der Waals surface area (Å²) in [6.45, 7) is 0.298. The van der Waals surface area contributed by atoms with Crippen LogP contribution in [0.5, 0.6) is 0 Å². The van der Waals surface area contributed by atoms with Crippen LogP contribution in [0.25, 0.3) is 0 Å². The molecule has 28 heavy (non-hydrogen) atoms. The summed E-state index contributed by atoms with van der Waals surface area (Å²) < 4.78 is 33.5. The molecule has 1 aliphatic heterocycles. The fraction of sp³-hybridized carbons (Fsp3) is 0.650. The Kier molecular flexibility index (Phi) is 7.45. The summed E-state index contributed by atoms with van der Waals surface area (Å²) in [5.74, 6) is 0.187. The number of aliphatic hydroxyl groups is 1. The molecule has 1 amide bonds. The summed E-state index contributed by atoms with van der Waals surface area (Å²) in [7, 11) is -3.53. The Morgan fingerprint density at radius 2 is 1.89 bits per heavy atom. The smallest absolute Gasteiger partial charge is 0.223 e. The van der Waals surface area contributed by atoms with Crippen molar-refractivity contribution < 1.29 is 23.1 Å². The van der Waals surface area contributed by atoms with Gasteiger partial charge < -0.3 is 15.2 Å². The zero-order chi connectivity index (χ0) is 20.0. The number of sulfonamides is 1. The molecule has 3 atom stereocenters. The van der Waals surface area contributed by atoms with E-state index in [1.807, 2.05) is 6.07 Å². The second-order valence-electron chi connectivity index (χ2n) is 7.73. The van der Waals surface area contributed by atoms with Crippen LogP contribution in [0.4, 0.5) is 0 Å². The minimum Gasteiger partial charge on any atom is -0.394 e. The molecule has 1 aromatic rings. The number of amides is 1. The van der Waals surface area contributed by atoms with Crippen LogP contribution < -0.4 is 10.0 Å². The summed E-state index contributed by atoms with van der Waals surface area (Å²) in [4.78, 5) is 11.9. The van der Waals surface area contributed by atoms with Crippen molar-refractivity contribution in [2.75, 3.05) is 13.2 Å². The highest BCUT2D eigenvalue weighted by Gasteiger charge is 2.33. The van der Waals surface area contributed by atoms with Gasteiger partial charge in [-0.3, -0.25) is 4.79 Å². The Morgan fingerprint density at radius 3 is 2.54 bits per heavy atom. The Labute approximate surface area is 166 Å². The van der Waals surface area contributed by atoms with Crippen molar-refractivity contribution in [3.8, 4) is 0 Å². The van der Waals surface area contributed by atoms with E-state index >= 15 is 0 Å². The Balaban J connectivity index is 1.45. The fourth-order valence-electron chi connectivity index (χ4n) is 3.72. The predicted octanol–water partition coefficient (Wildman–Crippen LogP) is 1.32. The van der Waals surface area contributed by atoms with Gasteiger partial charge in [0.1, 0.15) is 0 Å². The molecule has 0 radical (unpaired) electrons. The molecule has 1 heterocycles. The lowest BCUT2D eigenvalue weighted by Crippen LogP contribution is -2.51. The number of nitrogens with one attached hydrogen (secondary N) is 2. The first kappa shape index (κ1) is 21.2. The molecule has 156 valence electrons. The molecule has 2 fully saturated rings. The average molecular weight is 411 g/mol. The van der Waals surface area contributed by atoms with E-state index in [0.29, 0.717) is 31.4 Å². The lowest BCUT2D eigenvalue weighted by molar-refractivity contribution is -0.127. The van der Waals surface area contributed by atoms with Crippen LogP contribution in [-0.4, -0.2) is 50.8 Å². The summed E-state index contributed by atoms with van der Waals surface area (Å²) >= 11 is 0. The number of hydrogen-bond donors (Lipinski definition) is 3. The molecule has 2 aliphatic rings. The average Bonchev–Trinajstić information content (AvgIpc) is 2.61. The van der Waals surface area contributed by atoms with Crippen LogP contribution >= 0.6 is 0 Å². The topological polar surface area (TPSA) is 105 Å². The first-order chi connectivity index (χ1) is 13.5. The lowest BCUT2D eigenvalue weighted by Gasteiger charge is -2.36. The standard InChI is InChI=1S/C20H30N2O5S/c23-13-19-18(22-28(25,26)14-15-5-2-1-3-6-15)10-9-17(27-19)11-12-21-20(24)16-7-4-8-16/h1-3,5-6,16-19,22-23H,4,7-14H2,(H,21,24)/t17-,18-,19-/m1/s1. The second kappa shape index (κ2) is 9.82. The van der Waals surface area contributed by atoms with Gasteiger partial charge in [0.25, 0.3) is 0 Å². The minimum atomic E-state index is -3.53. The molecule has 1 saturated heterocycles. The van der Waals surface area contributed by atoms with E-state index in [1.54, 1.807) is 24.3 Å². The quantitative estimate of drug-likeness (QED) is 0.570. The molecule has 1 aromatic carbocycles. The molecule has 8 heteroatoms. The molecule has 1 saturated carbocycles.